The summed E-state index contributed by atoms with van der Waals surface area (Å²) in [5.41, 5.74) is 0.959. The molecule has 0 aliphatic heterocycles. The lowest BCUT2D eigenvalue weighted by Gasteiger charge is -2.10. The van der Waals surface area contributed by atoms with Gasteiger partial charge in [0, 0.05) is 11.3 Å². The van der Waals surface area contributed by atoms with Gasteiger partial charge in [-0.25, -0.2) is 13.1 Å². The number of carbonyl (C=O) groups excluding carboxylic acids is 1. The standard InChI is InChI=1S/C21H22N2O5S/c1-15(2)28-18-9-5-16(6-10-18)21(24)23-17-7-11-20(12-8-17)29(25,26)22-14-19-4-3-13-27-19/h3-13,15,22H,14H2,1-2H3,(H,23,24). The smallest absolute Gasteiger partial charge is 0.255 e. The zero-order chi connectivity index (χ0) is 20.9. The Labute approximate surface area is 169 Å². The second-order valence-corrected chi connectivity index (χ2v) is 8.34. The lowest BCUT2D eigenvalue weighted by atomic mass is 10.2. The van der Waals surface area contributed by atoms with E-state index in [9.17, 15) is 13.2 Å². The summed E-state index contributed by atoms with van der Waals surface area (Å²) in [5, 5.41) is 2.74. The number of sulfonamides is 1. The van der Waals surface area contributed by atoms with Gasteiger partial charge in [0.25, 0.3) is 5.91 Å². The first kappa shape index (κ1) is 20.6. The van der Waals surface area contributed by atoms with Crippen LogP contribution in [0.1, 0.15) is 30.0 Å². The average Bonchev–Trinajstić information content (AvgIpc) is 3.21. The summed E-state index contributed by atoms with van der Waals surface area (Å²) in [7, 11) is -3.69. The Morgan fingerprint density at radius 1 is 1.03 bits per heavy atom. The van der Waals surface area contributed by atoms with E-state index in [1.807, 2.05) is 13.8 Å². The van der Waals surface area contributed by atoms with E-state index in [1.54, 1.807) is 36.4 Å². The number of anilines is 1. The maximum absolute atomic E-state index is 12.4. The summed E-state index contributed by atoms with van der Waals surface area (Å²) in [6, 6.07) is 16.1. The third kappa shape index (κ3) is 5.69. The number of hydrogen-bond acceptors (Lipinski definition) is 5. The number of benzene rings is 2. The summed E-state index contributed by atoms with van der Waals surface area (Å²) in [5.74, 6) is 0.906. The van der Waals surface area contributed by atoms with E-state index in [0.29, 0.717) is 22.8 Å². The lowest BCUT2D eigenvalue weighted by molar-refractivity contribution is 0.102. The number of amides is 1. The molecule has 0 unspecified atom stereocenters. The van der Waals surface area contributed by atoms with Gasteiger partial charge in [0.05, 0.1) is 23.8 Å². The van der Waals surface area contributed by atoms with Crippen molar-refractivity contribution in [2.24, 2.45) is 0 Å². The third-order valence-corrected chi connectivity index (χ3v) is 5.34. The highest BCUT2D eigenvalue weighted by molar-refractivity contribution is 7.89. The molecule has 1 amide bonds. The van der Waals surface area contributed by atoms with Gasteiger partial charge in [0.1, 0.15) is 11.5 Å². The predicted molar refractivity (Wildman–Crippen MR) is 109 cm³/mol. The molecule has 0 saturated heterocycles. The number of ether oxygens (including phenoxy) is 1. The minimum atomic E-state index is -3.69. The van der Waals surface area contributed by atoms with Gasteiger partial charge >= 0.3 is 0 Å². The maximum atomic E-state index is 12.4. The first-order valence-corrected chi connectivity index (χ1v) is 10.5. The first-order chi connectivity index (χ1) is 13.8. The summed E-state index contributed by atoms with van der Waals surface area (Å²) in [6.07, 6.45) is 1.53. The topological polar surface area (TPSA) is 97.6 Å². The molecule has 8 heteroatoms. The van der Waals surface area contributed by atoms with E-state index in [-0.39, 0.29) is 23.5 Å². The molecule has 152 valence electrons. The van der Waals surface area contributed by atoms with E-state index >= 15 is 0 Å². The van der Waals surface area contributed by atoms with E-state index in [4.69, 9.17) is 9.15 Å². The summed E-state index contributed by atoms with van der Waals surface area (Å²) in [6.45, 7) is 3.92. The zero-order valence-corrected chi connectivity index (χ0v) is 16.9. The van der Waals surface area contributed by atoms with Crippen molar-refractivity contribution in [1.82, 2.24) is 4.72 Å². The maximum Gasteiger partial charge on any atom is 0.255 e. The molecule has 2 N–H and O–H groups in total. The highest BCUT2D eigenvalue weighted by atomic mass is 32.2. The summed E-state index contributed by atoms with van der Waals surface area (Å²) >= 11 is 0. The van der Waals surface area contributed by atoms with Crippen LogP contribution in [0.4, 0.5) is 5.69 Å². The number of carbonyl (C=O) groups is 1. The van der Waals surface area contributed by atoms with Crippen molar-refractivity contribution < 1.29 is 22.4 Å². The molecule has 0 aliphatic carbocycles. The van der Waals surface area contributed by atoms with Gasteiger partial charge in [0.15, 0.2) is 0 Å². The average molecular weight is 414 g/mol. The van der Waals surface area contributed by atoms with Crippen LogP contribution in [-0.4, -0.2) is 20.4 Å². The van der Waals surface area contributed by atoms with Crippen molar-refractivity contribution in [2.45, 2.75) is 31.4 Å². The molecule has 0 atom stereocenters. The second-order valence-electron chi connectivity index (χ2n) is 6.57. The number of nitrogens with one attached hydrogen (secondary N) is 2. The third-order valence-electron chi connectivity index (χ3n) is 3.93. The van der Waals surface area contributed by atoms with Gasteiger partial charge < -0.3 is 14.5 Å². The van der Waals surface area contributed by atoms with Gasteiger partial charge in [-0.3, -0.25) is 4.79 Å². The normalized spacial score (nSPS) is 11.4. The van der Waals surface area contributed by atoms with E-state index < -0.39 is 10.0 Å². The quantitative estimate of drug-likeness (QED) is 0.584. The Bertz CT molecular complexity index is 1040. The number of furan rings is 1. The zero-order valence-electron chi connectivity index (χ0n) is 16.1. The molecule has 29 heavy (non-hydrogen) atoms. The fourth-order valence-electron chi connectivity index (χ4n) is 2.54. The molecule has 0 saturated carbocycles. The van der Waals surface area contributed by atoms with Crippen LogP contribution in [0.3, 0.4) is 0 Å². The Morgan fingerprint density at radius 3 is 2.31 bits per heavy atom. The Morgan fingerprint density at radius 2 is 1.72 bits per heavy atom. The fourth-order valence-corrected chi connectivity index (χ4v) is 3.53. The Hall–Kier alpha value is -3.10. The number of rotatable bonds is 8. The minimum absolute atomic E-state index is 0.0537. The van der Waals surface area contributed by atoms with Crippen LogP contribution in [0, 0.1) is 0 Å². The molecule has 3 rings (SSSR count). The predicted octanol–water partition coefficient (Wildman–Crippen LogP) is 3.80. The van der Waals surface area contributed by atoms with Crippen LogP contribution in [0.25, 0.3) is 0 Å². The van der Waals surface area contributed by atoms with Crippen molar-refractivity contribution in [3.8, 4) is 5.75 Å². The molecule has 0 bridgehead atoms. The van der Waals surface area contributed by atoms with Crippen molar-refractivity contribution in [1.29, 1.82) is 0 Å². The van der Waals surface area contributed by atoms with Crippen LogP contribution in [0.15, 0.2) is 76.2 Å². The molecule has 0 spiro atoms. The molecule has 2 aromatic carbocycles. The highest BCUT2D eigenvalue weighted by Crippen LogP contribution is 2.17. The van der Waals surface area contributed by atoms with Crippen LogP contribution in [-0.2, 0) is 16.6 Å². The largest absolute Gasteiger partial charge is 0.491 e. The summed E-state index contributed by atoms with van der Waals surface area (Å²) < 4.78 is 37.8. The van der Waals surface area contributed by atoms with E-state index in [2.05, 4.69) is 10.0 Å². The Kier molecular flexibility index (Phi) is 6.36. The van der Waals surface area contributed by atoms with E-state index in [0.717, 1.165) is 0 Å². The van der Waals surface area contributed by atoms with Crippen LogP contribution in [0.5, 0.6) is 5.75 Å². The van der Waals surface area contributed by atoms with Crippen LogP contribution in [0.2, 0.25) is 0 Å². The Balaban J connectivity index is 1.61. The van der Waals surface area contributed by atoms with Crippen molar-refractivity contribution in [3.05, 3.63) is 78.3 Å². The molecule has 0 fully saturated rings. The van der Waals surface area contributed by atoms with Crippen LogP contribution < -0.4 is 14.8 Å². The van der Waals surface area contributed by atoms with Gasteiger partial charge in [-0.15, -0.1) is 0 Å². The molecule has 3 aromatic rings. The molecule has 0 radical (unpaired) electrons. The molecule has 1 heterocycles. The van der Waals surface area contributed by atoms with Crippen LogP contribution >= 0.6 is 0 Å². The SMILES string of the molecule is CC(C)Oc1ccc(C(=O)Nc2ccc(S(=O)(=O)NCc3ccco3)cc2)cc1. The molecular weight excluding hydrogens is 392 g/mol. The van der Waals surface area contributed by atoms with Gasteiger partial charge in [0.2, 0.25) is 10.0 Å². The second kappa shape index (κ2) is 8.93. The molecule has 7 nitrogen and oxygen atoms in total. The molecule has 1 aromatic heterocycles. The molecule has 0 aliphatic rings. The summed E-state index contributed by atoms with van der Waals surface area (Å²) in [4.78, 5) is 12.5. The van der Waals surface area contributed by atoms with Crippen molar-refractivity contribution >= 4 is 21.6 Å². The van der Waals surface area contributed by atoms with Gasteiger partial charge in [-0.1, -0.05) is 0 Å². The van der Waals surface area contributed by atoms with E-state index in [1.165, 1.54) is 30.5 Å². The number of hydrogen-bond donors (Lipinski definition) is 2. The first-order valence-electron chi connectivity index (χ1n) is 9.04. The highest BCUT2D eigenvalue weighted by Gasteiger charge is 2.15. The van der Waals surface area contributed by atoms with Gasteiger partial charge in [-0.2, -0.15) is 0 Å². The van der Waals surface area contributed by atoms with Crippen molar-refractivity contribution in [2.75, 3.05) is 5.32 Å². The monoisotopic (exact) mass is 414 g/mol. The lowest BCUT2D eigenvalue weighted by Crippen LogP contribution is -2.23. The van der Waals surface area contributed by atoms with Crippen molar-refractivity contribution in [3.63, 3.8) is 0 Å². The molecular formula is C21H22N2O5S. The minimum Gasteiger partial charge on any atom is -0.491 e. The fraction of sp³-hybridized carbons (Fsp3) is 0.190. The van der Waals surface area contributed by atoms with Gasteiger partial charge in [-0.05, 0) is 74.5 Å².